The van der Waals surface area contributed by atoms with Gasteiger partial charge in [0.25, 0.3) is 0 Å². The van der Waals surface area contributed by atoms with E-state index in [2.05, 4.69) is 14.9 Å². The van der Waals surface area contributed by atoms with Gasteiger partial charge in [0.15, 0.2) is 0 Å². The molecule has 0 aliphatic carbocycles. The molecular weight excluding hydrogens is 376 g/mol. The van der Waals surface area contributed by atoms with E-state index < -0.39 is 10.0 Å². The molecule has 0 fully saturated rings. The Hall–Kier alpha value is -2.71. The van der Waals surface area contributed by atoms with Crippen molar-refractivity contribution in [2.24, 2.45) is 5.92 Å². The van der Waals surface area contributed by atoms with Crippen LogP contribution in [0.4, 0.5) is 0 Å². The molecule has 3 aromatic rings. The Bertz CT molecular complexity index is 983. The van der Waals surface area contributed by atoms with Crippen molar-refractivity contribution in [2.45, 2.75) is 31.3 Å². The van der Waals surface area contributed by atoms with Gasteiger partial charge in [-0.2, -0.15) is 15.0 Å². The predicted molar refractivity (Wildman–Crippen MR) is 107 cm³/mol. The molecular formula is C20H24N4O3S. The van der Waals surface area contributed by atoms with E-state index >= 15 is 0 Å². The number of rotatable bonds is 8. The Morgan fingerprint density at radius 3 is 2.00 bits per heavy atom. The van der Waals surface area contributed by atoms with Crippen LogP contribution in [0, 0.1) is 5.92 Å². The fourth-order valence-corrected chi connectivity index (χ4v) is 4.15. The van der Waals surface area contributed by atoms with Gasteiger partial charge in [-0.3, -0.25) is 0 Å². The minimum atomic E-state index is -3.66. The first kappa shape index (κ1) is 20.0. The molecule has 0 radical (unpaired) electrons. The summed E-state index contributed by atoms with van der Waals surface area (Å²) >= 11 is 0. The normalized spacial score (nSPS) is 12.9. The second kappa shape index (κ2) is 8.53. The molecule has 28 heavy (non-hydrogen) atoms. The number of aromatic nitrogens is 3. The average molecular weight is 401 g/mol. The van der Waals surface area contributed by atoms with E-state index in [4.69, 9.17) is 4.74 Å². The quantitative estimate of drug-likeness (QED) is 0.628. The van der Waals surface area contributed by atoms with Crippen molar-refractivity contribution in [3.8, 4) is 16.9 Å². The maximum Gasteiger partial charge on any atom is 0.240 e. The Morgan fingerprint density at radius 2 is 1.50 bits per heavy atom. The van der Waals surface area contributed by atoms with Crippen molar-refractivity contribution in [2.75, 3.05) is 7.11 Å². The summed E-state index contributed by atoms with van der Waals surface area (Å²) in [4.78, 5) is 1.71. The monoisotopic (exact) mass is 400 g/mol. The zero-order valence-corrected chi connectivity index (χ0v) is 16.9. The highest BCUT2D eigenvalue weighted by Gasteiger charge is 2.23. The van der Waals surface area contributed by atoms with Crippen LogP contribution in [0.2, 0.25) is 0 Å². The highest BCUT2D eigenvalue weighted by Crippen LogP contribution is 2.24. The Labute approximate surface area is 165 Å². The standard InChI is InChI=1S/C20H24N4O3S/c1-15(2)20(14-24-21-12-13-22-24)23-28(25,26)19-10-6-17(7-11-19)16-4-8-18(27-3)9-5-16/h4-13,15,20,23H,14H2,1-3H3. The van der Waals surface area contributed by atoms with Gasteiger partial charge in [0.1, 0.15) is 5.75 Å². The lowest BCUT2D eigenvalue weighted by Gasteiger charge is -2.21. The van der Waals surface area contributed by atoms with Crippen LogP contribution in [0.5, 0.6) is 5.75 Å². The Kier molecular flexibility index (Phi) is 6.11. The molecule has 0 spiro atoms. The second-order valence-corrected chi connectivity index (χ2v) is 8.52. The fourth-order valence-electron chi connectivity index (χ4n) is 2.78. The largest absolute Gasteiger partial charge is 0.497 e. The number of nitrogens with zero attached hydrogens (tertiary/aromatic N) is 3. The van der Waals surface area contributed by atoms with Crippen LogP contribution < -0.4 is 9.46 Å². The molecule has 0 bridgehead atoms. The van der Waals surface area contributed by atoms with Gasteiger partial charge >= 0.3 is 0 Å². The molecule has 1 atom stereocenters. The number of sulfonamides is 1. The molecule has 1 heterocycles. The first-order chi connectivity index (χ1) is 13.4. The van der Waals surface area contributed by atoms with Gasteiger partial charge in [0.05, 0.1) is 30.9 Å². The minimum absolute atomic E-state index is 0.0827. The summed E-state index contributed by atoms with van der Waals surface area (Å²) in [7, 11) is -2.04. The predicted octanol–water partition coefficient (Wildman–Crippen LogP) is 2.96. The molecule has 1 aromatic heterocycles. The summed E-state index contributed by atoms with van der Waals surface area (Å²) in [5.74, 6) is 0.859. The molecule has 0 aliphatic heterocycles. The summed E-state index contributed by atoms with van der Waals surface area (Å²) in [5.41, 5.74) is 1.92. The third kappa shape index (κ3) is 4.76. The highest BCUT2D eigenvalue weighted by molar-refractivity contribution is 7.89. The van der Waals surface area contributed by atoms with Crippen LogP contribution in [0.15, 0.2) is 65.8 Å². The first-order valence-corrected chi connectivity index (χ1v) is 10.5. The van der Waals surface area contributed by atoms with Crippen LogP contribution in [0.25, 0.3) is 11.1 Å². The van der Waals surface area contributed by atoms with E-state index in [-0.39, 0.29) is 16.9 Å². The van der Waals surface area contributed by atoms with Crippen molar-refractivity contribution in [3.05, 3.63) is 60.9 Å². The van der Waals surface area contributed by atoms with Gasteiger partial charge in [0.2, 0.25) is 10.0 Å². The number of hydrogen-bond donors (Lipinski definition) is 1. The van der Waals surface area contributed by atoms with Crippen molar-refractivity contribution >= 4 is 10.0 Å². The molecule has 1 unspecified atom stereocenters. The second-order valence-electron chi connectivity index (χ2n) is 6.81. The maximum atomic E-state index is 12.8. The SMILES string of the molecule is COc1ccc(-c2ccc(S(=O)(=O)NC(Cn3nccn3)C(C)C)cc2)cc1. The maximum absolute atomic E-state index is 12.8. The van der Waals surface area contributed by atoms with E-state index in [1.807, 2.05) is 38.1 Å². The topological polar surface area (TPSA) is 86.1 Å². The summed E-state index contributed by atoms with van der Waals surface area (Å²) in [6.45, 7) is 4.29. The highest BCUT2D eigenvalue weighted by atomic mass is 32.2. The van der Waals surface area contributed by atoms with E-state index in [1.54, 1.807) is 43.8 Å². The van der Waals surface area contributed by atoms with Crippen LogP contribution in [0.3, 0.4) is 0 Å². The lowest BCUT2D eigenvalue weighted by Crippen LogP contribution is -2.41. The van der Waals surface area contributed by atoms with Crippen LogP contribution in [-0.2, 0) is 16.6 Å². The first-order valence-electron chi connectivity index (χ1n) is 9.00. The van der Waals surface area contributed by atoms with Crippen molar-refractivity contribution in [1.82, 2.24) is 19.7 Å². The van der Waals surface area contributed by atoms with Gasteiger partial charge in [0, 0.05) is 6.04 Å². The minimum Gasteiger partial charge on any atom is -0.497 e. The molecule has 0 amide bonds. The smallest absolute Gasteiger partial charge is 0.240 e. The third-order valence-corrected chi connectivity index (χ3v) is 6.03. The van der Waals surface area contributed by atoms with E-state index in [1.165, 1.54) is 4.80 Å². The zero-order valence-electron chi connectivity index (χ0n) is 16.1. The van der Waals surface area contributed by atoms with E-state index in [0.29, 0.717) is 6.54 Å². The summed E-state index contributed by atoms with van der Waals surface area (Å²) in [5, 5.41) is 8.12. The lowest BCUT2D eigenvalue weighted by atomic mass is 10.1. The molecule has 2 aromatic carbocycles. The summed E-state index contributed by atoms with van der Waals surface area (Å²) in [6, 6.07) is 14.1. The van der Waals surface area contributed by atoms with Crippen LogP contribution in [-0.4, -0.2) is 36.6 Å². The average Bonchev–Trinajstić information content (AvgIpc) is 3.20. The molecule has 148 valence electrons. The molecule has 0 saturated heterocycles. The Morgan fingerprint density at radius 1 is 0.964 bits per heavy atom. The third-order valence-electron chi connectivity index (χ3n) is 4.53. The summed E-state index contributed by atoms with van der Waals surface area (Å²) < 4.78 is 33.6. The molecule has 0 saturated carbocycles. The van der Waals surface area contributed by atoms with Gasteiger partial charge in [-0.05, 0) is 41.3 Å². The van der Waals surface area contributed by atoms with E-state index in [9.17, 15) is 8.42 Å². The molecule has 3 rings (SSSR count). The molecule has 7 nitrogen and oxygen atoms in total. The lowest BCUT2D eigenvalue weighted by molar-refractivity contribution is 0.361. The number of hydrogen-bond acceptors (Lipinski definition) is 5. The van der Waals surface area contributed by atoms with Crippen molar-refractivity contribution in [1.29, 1.82) is 0 Å². The van der Waals surface area contributed by atoms with Crippen molar-refractivity contribution < 1.29 is 13.2 Å². The van der Waals surface area contributed by atoms with Gasteiger partial charge in [-0.25, -0.2) is 13.1 Å². The zero-order chi connectivity index (χ0) is 20.1. The molecule has 1 N–H and O–H groups in total. The Balaban J connectivity index is 1.76. The molecule has 8 heteroatoms. The van der Waals surface area contributed by atoms with Gasteiger partial charge in [-0.15, -0.1) is 0 Å². The van der Waals surface area contributed by atoms with Crippen molar-refractivity contribution in [3.63, 3.8) is 0 Å². The van der Waals surface area contributed by atoms with Gasteiger partial charge in [-0.1, -0.05) is 38.1 Å². The number of nitrogens with one attached hydrogen (secondary N) is 1. The fraction of sp³-hybridized carbons (Fsp3) is 0.300. The summed E-state index contributed by atoms with van der Waals surface area (Å²) in [6.07, 6.45) is 3.15. The molecule has 0 aliphatic rings. The number of methoxy groups -OCH3 is 1. The van der Waals surface area contributed by atoms with Gasteiger partial charge < -0.3 is 4.74 Å². The number of benzene rings is 2. The van der Waals surface area contributed by atoms with Crippen LogP contribution in [0.1, 0.15) is 13.8 Å². The van der Waals surface area contributed by atoms with E-state index in [0.717, 1.165) is 16.9 Å². The van der Waals surface area contributed by atoms with Crippen LogP contribution >= 0.6 is 0 Å². The number of ether oxygens (including phenoxy) is 1.